The molecule has 94 valence electrons. The van der Waals surface area contributed by atoms with Gasteiger partial charge in [0, 0.05) is 25.0 Å². The summed E-state index contributed by atoms with van der Waals surface area (Å²) in [6.07, 6.45) is 2.55. The molecular weight excluding hydrogens is 232 g/mol. The molecule has 3 N–H and O–H groups in total. The van der Waals surface area contributed by atoms with Crippen LogP contribution in [0, 0.1) is 0 Å². The Morgan fingerprint density at radius 1 is 1.06 bits per heavy atom. The maximum absolute atomic E-state index is 11.9. The van der Waals surface area contributed by atoms with Gasteiger partial charge in [0.15, 0.2) is 11.6 Å². The van der Waals surface area contributed by atoms with E-state index < -0.39 is 0 Å². The summed E-state index contributed by atoms with van der Waals surface area (Å²) in [5.74, 6) is -0.399. The predicted molar refractivity (Wildman–Crippen MR) is 69.4 cm³/mol. The maximum atomic E-state index is 11.9. The van der Waals surface area contributed by atoms with E-state index in [1.54, 1.807) is 19.2 Å². The van der Waals surface area contributed by atoms with E-state index in [9.17, 15) is 9.59 Å². The standard InChI is InChI=1S/C13H14N2O3/c1-14-8-2-3-9(15-6-7-16)13-11(18)5-4-10(17)12(8)13/h2-5,14-16H,6-7H2,1H3. The van der Waals surface area contributed by atoms with Crippen molar-refractivity contribution in [3.05, 3.63) is 35.4 Å². The first kappa shape index (κ1) is 12.3. The molecule has 0 saturated heterocycles. The average molecular weight is 246 g/mol. The SMILES string of the molecule is CNc1ccc(NCCO)c2c1C(=O)C=CC2=O. The summed E-state index contributed by atoms with van der Waals surface area (Å²) < 4.78 is 0. The normalized spacial score (nSPS) is 13.4. The Kier molecular flexibility index (Phi) is 3.43. The Balaban J connectivity index is 2.57. The first-order valence-electron chi connectivity index (χ1n) is 5.65. The van der Waals surface area contributed by atoms with Crippen LogP contribution in [0.25, 0.3) is 0 Å². The molecule has 0 radical (unpaired) electrons. The highest BCUT2D eigenvalue weighted by molar-refractivity contribution is 6.26. The van der Waals surface area contributed by atoms with Gasteiger partial charge < -0.3 is 15.7 Å². The molecule has 0 saturated carbocycles. The van der Waals surface area contributed by atoms with Gasteiger partial charge in [0.05, 0.1) is 17.7 Å². The van der Waals surface area contributed by atoms with Crippen LogP contribution in [-0.4, -0.2) is 36.9 Å². The molecule has 1 aliphatic carbocycles. The van der Waals surface area contributed by atoms with Gasteiger partial charge in [0.25, 0.3) is 0 Å². The first-order valence-corrected chi connectivity index (χ1v) is 5.65. The lowest BCUT2D eigenvalue weighted by Crippen LogP contribution is -2.18. The van der Waals surface area contributed by atoms with E-state index in [1.165, 1.54) is 12.2 Å². The molecule has 0 spiro atoms. The van der Waals surface area contributed by atoms with Crippen LogP contribution in [0.5, 0.6) is 0 Å². The van der Waals surface area contributed by atoms with Crippen LogP contribution >= 0.6 is 0 Å². The minimum atomic E-state index is -0.206. The lowest BCUT2D eigenvalue weighted by atomic mass is 9.91. The molecule has 18 heavy (non-hydrogen) atoms. The van der Waals surface area contributed by atoms with Crippen molar-refractivity contribution in [2.45, 2.75) is 0 Å². The van der Waals surface area contributed by atoms with Gasteiger partial charge in [0.1, 0.15) is 0 Å². The number of fused-ring (bicyclic) bond motifs is 1. The molecule has 0 bridgehead atoms. The van der Waals surface area contributed by atoms with Gasteiger partial charge in [-0.1, -0.05) is 0 Å². The summed E-state index contributed by atoms with van der Waals surface area (Å²) in [6.45, 7) is 0.289. The lowest BCUT2D eigenvalue weighted by molar-refractivity contribution is 0.0995. The fourth-order valence-electron chi connectivity index (χ4n) is 1.98. The van der Waals surface area contributed by atoms with Crippen molar-refractivity contribution in [1.82, 2.24) is 0 Å². The van der Waals surface area contributed by atoms with Crippen molar-refractivity contribution < 1.29 is 14.7 Å². The van der Waals surface area contributed by atoms with Crippen molar-refractivity contribution in [2.75, 3.05) is 30.8 Å². The van der Waals surface area contributed by atoms with Crippen molar-refractivity contribution >= 4 is 22.9 Å². The van der Waals surface area contributed by atoms with Crippen LogP contribution in [0.4, 0.5) is 11.4 Å². The zero-order valence-corrected chi connectivity index (χ0v) is 9.99. The van der Waals surface area contributed by atoms with Gasteiger partial charge in [-0.05, 0) is 24.3 Å². The second kappa shape index (κ2) is 5.01. The highest BCUT2D eigenvalue weighted by Crippen LogP contribution is 2.30. The molecule has 2 rings (SSSR count). The number of nitrogens with one attached hydrogen (secondary N) is 2. The van der Waals surface area contributed by atoms with Crippen molar-refractivity contribution in [3.63, 3.8) is 0 Å². The zero-order valence-electron chi connectivity index (χ0n) is 9.99. The largest absolute Gasteiger partial charge is 0.395 e. The molecule has 5 nitrogen and oxygen atoms in total. The molecule has 0 aromatic heterocycles. The Morgan fingerprint density at radius 2 is 1.61 bits per heavy atom. The summed E-state index contributed by atoms with van der Waals surface area (Å²) in [5, 5.41) is 14.7. The second-order valence-electron chi connectivity index (χ2n) is 3.87. The number of aliphatic hydroxyl groups is 1. The number of carbonyl (C=O) groups excluding carboxylic acids is 2. The van der Waals surface area contributed by atoms with Gasteiger partial charge in [-0.25, -0.2) is 0 Å². The van der Waals surface area contributed by atoms with Gasteiger partial charge in [0.2, 0.25) is 0 Å². The van der Waals surface area contributed by atoms with Crippen LogP contribution in [0.3, 0.4) is 0 Å². The van der Waals surface area contributed by atoms with Crippen LogP contribution < -0.4 is 10.6 Å². The van der Waals surface area contributed by atoms with E-state index in [1.807, 2.05) is 0 Å². The van der Waals surface area contributed by atoms with Gasteiger partial charge in [-0.3, -0.25) is 9.59 Å². The van der Waals surface area contributed by atoms with E-state index in [4.69, 9.17) is 5.11 Å². The fourth-order valence-corrected chi connectivity index (χ4v) is 1.98. The average Bonchev–Trinajstić information content (AvgIpc) is 2.40. The van der Waals surface area contributed by atoms with E-state index in [0.717, 1.165) is 0 Å². The Bertz CT molecular complexity index is 535. The first-order chi connectivity index (χ1) is 8.69. The highest BCUT2D eigenvalue weighted by Gasteiger charge is 2.25. The third kappa shape index (κ3) is 2.00. The lowest BCUT2D eigenvalue weighted by Gasteiger charge is -2.18. The molecule has 1 aliphatic rings. The molecule has 1 aromatic carbocycles. The molecule has 0 fully saturated rings. The molecule has 0 amide bonds. The molecule has 5 heteroatoms. The third-order valence-corrected chi connectivity index (χ3v) is 2.78. The Morgan fingerprint density at radius 3 is 2.17 bits per heavy atom. The smallest absolute Gasteiger partial charge is 0.188 e. The summed E-state index contributed by atoms with van der Waals surface area (Å²) in [6, 6.07) is 3.47. The zero-order chi connectivity index (χ0) is 13.1. The van der Waals surface area contributed by atoms with Crippen molar-refractivity contribution in [2.24, 2.45) is 0 Å². The highest BCUT2D eigenvalue weighted by atomic mass is 16.3. The molecule has 0 atom stereocenters. The Labute approximate surface area is 105 Å². The topological polar surface area (TPSA) is 78.4 Å². The molecule has 0 aliphatic heterocycles. The number of hydrogen-bond acceptors (Lipinski definition) is 5. The monoisotopic (exact) mass is 246 g/mol. The fraction of sp³-hybridized carbons (Fsp3) is 0.231. The molecular formula is C13H14N2O3. The van der Waals surface area contributed by atoms with Crippen LogP contribution in [0.2, 0.25) is 0 Å². The summed E-state index contributed by atoms with van der Waals surface area (Å²) in [4.78, 5) is 23.8. The van der Waals surface area contributed by atoms with Gasteiger partial charge in [-0.2, -0.15) is 0 Å². The quantitative estimate of drug-likeness (QED) is 0.740. The van der Waals surface area contributed by atoms with Crippen LogP contribution in [0.15, 0.2) is 24.3 Å². The number of carbonyl (C=O) groups is 2. The summed E-state index contributed by atoms with van der Waals surface area (Å²) in [5.41, 5.74) is 1.94. The minimum absolute atomic E-state index is 0.0411. The van der Waals surface area contributed by atoms with Crippen molar-refractivity contribution in [3.8, 4) is 0 Å². The third-order valence-electron chi connectivity index (χ3n) is 2.78. The second-order valence-corrected chi connectivity index (χ2v) is 3.87. The number of ketones is 2. The molecule has 1 aromatic rings. The maximum Gasteiger partial charge on any atom is 0.188 e. The minimum Gasteiger partial charge on any atom is -0.395 e. The number of allylic oxidation sites excluding steroid dienone is 2. The van der Waals surface area contributed by atoms with E-state index in [2.05, 4.69) is 10.6 Å². The summed E-state index contributed by atoms with van der Waals surface area (Å²) in [7, 11) is 1.70. The van der Waals surface area contributed by atoms with Crippen molar-refractivity contribution in [1.29, 1.82) is 0 Å². The van der Waals surface area contributed by atoms with E-state index in [0.29, 0.717) is 29.0 Å². The number of aliphatic hydroxyl groups excluding tert-OH is 1. The molecule has 0 unspecified atom stereocenters. The van der Waals surface area contributed by atoms with E-state index >= 15 is 0 Å². The van der Waals surface area contributed by atoms with Crippen LogP contribution in [0.1, 0.15) is 20.7 Å². The van der Waals surface area contributed by atoms with Crippen LogP contribution in [-0.2, 0) is 0 Å². The molecule has 0 heterocycles. The van der Waals surface area contributed by atoms with Gasteiger partial charge in [-0.15, -0.1) is 0 Å². The predicted octanol–water partition coefficient (Wildman–Crippen LogP) is 1.07. The number of anilines is 2. The Hall–Kier alpha value is -2.14. The summed E-state index contributed by atoms with van der Waals surface area (Å²) >= 11 is 0. The van der Waals surface area contributed by atoms with E-state index in [-0.39, 0.29) is 18.2 Å². The number of rotatable bonds is 4. The number of benzene rings is 1. The number of hydrogen-bond donors (Lipinski definition) is 3. The van der Waals surface area contributed by atoms with Gasteiger partial charge >= 0.3 is 0 Å².